The van der Waals surface area contributed by atoms with Gasteiger partial charge in [-0.2, -0.15) is 13.2 Å². The second-order valence-electron chi connectivity index (χ2n) is 6.10. The van der Waals surface area contributed by atoms with E-state index in [0.29, 0.717) is 0 Å². The van der Waals surface area contributed by atoms with Crippen molar-refractivity contribution >= 4 is 28.9 Å². The van der Waals surface area contributed by atoms with Crippen molar-refractivity contribution < 1.29 is 18.0 Å². The zero-order valence-corrected chi connectivity index (χ0v) is 14.6. The summed E-state index contributed by atoms with van der Waals surface area (Å²) in [6, 6.07) is 6.60. The Morgan fingerprint density at radius 3 is 2.46 bits per heavy atom. The van der Waals surface area contributed by atoms with Crippen LogP contribution in [0.1, 0.15) is 35.3 Å². The van der Waals surface area contributed by atoms with Crippen LogP contribution in [0.3, 0.4) is 0 Å². The Bertz CT molecular complexity index is 787. The van der Waals surface area contributed by atoms with Crippen LogP contribution >= 0.6 is 11.6 Å². The molecule has 2 aromatic rings. The molecule has 0 bridgehead atoms. The third kappa shape index (κ3) is 4.27. The summed E-state index contributed by atoms with van der Waals surface area (Å²) in [4.78, 5) is 18.6. The van der Waals surface area contributed by atoms with Crippen LogP contribution in [0, 0.1) is 0 Å². The second kappa shape index (κ2) is 7.53. The number of nitrogens with zero attached hydrogens (tertiary/aromatic N) is 2. The van der Waals surface area contributed by atoms with Crippen molar-refractivity contribution in [1.29, 1.82) is 0 Å². The third-order valence-corrected chi connectivity index (χ3v) is 4.56. The molecule has 0 unspecified atom stereocenters. The second-order valence-corrected chi connectivity index (χ2v) is 6.50. The van der Waals surface area contributed by atoms with Gasteiger partial charge in [0.25, 0.3) is 5.91 Å². The summed E-state index contributed by atoms with van der Waals surface area (Å²) in [6.07, 6.45) is 0.488. The van der Waals surface area contributed by atoms with Crippen LogP contribution in [0.4, 0.5) is 24.5 Å². The van der Waals surface area contributed by atoms with Gasteiger partial charge in [-0.05, 0) is 49.6 Å². The first-order valence-corrected chi connectivity index (χ1v) is 8.61. The SMILES string of the molecule is O=C(Nc1ccc(Cl)c(C(F)(F)F)c1)c1ccc(N2CCCCC2)cn1. The maximum Gasteiger partial charge on any atom is 0.417 e. The zero-order valence-electron chi connectivity index (χ0n) is 13.8. The Kier molecular flexibility index (Phi) is 5.36. The summed E-state index contributed by atoms with van der Waals surface area (Å²) in [6.45, 7) is 1.91. The number of piperidine rings is 1. The fraction of sp³-hybridized carbons (Fsp3) is 0.333. The molecule has 0 saturated carbocycles. The van der Waals surface area contributed by atoms with Gasteiger partial charge < -0.3 is 10.2 Å². The Morgan fingerprint density at radius 1 is 1.12 bits per heavy atom. The number of aromatic nitrogens is 1. The fourth-order valence-electron chi connectivity index (χ4n) is 2.87. The molecule has 2 heterocycles. The lowest BCUT2D eigenvalue weighted by molar-refractivity contribution is -0.137. The predicted molar refractivity (Wildman–Crippen MR) is 94.7 cm³/mol. The minimum Gasteiger partial charge on any atom is -0.370 e. The van der Waals surface area contributed by atoms with Gasteiger partial charge in [-0.1, -0.05) is 11.6 Å². The number of benzene rings is 1. The molecule has 1 amide bonds. The van der Waals surface area contributed by atoms with E-state index in [1.807, 2.05) is 0 Å². The van der Waals surface area contributed by atoms with Crippen molar-refractivity contribution in [3.8, 4) is 0 Å². The summed E-state index contributed by atoms with van der Waals surface area (Å²) in [5, 5.41) is 2.01. The lowest BCUT2D eigenvalue weighted by Gasteiger charge is -2.28. The highest BCUT2D eigenvalue weighted by molar-refractivity contribution is 6.31. The van der Waals surface area contributed by atoms with E-state index < -0.39 is 22.7 Å². The molecule has 1 aromatic carbocycles. The van der Waals surface area contributed by atoms with E-state index in [0.717, 1.165) is 43.8 Å². The molecular weight excluding hydrogens is 367 g/mol. The number of anilines is 2. The zero-order chi connectivity index (χ0) is 18.7. The van der Waals surface area contributed by atoms with E-state index in [2.05, 4.69) is 15.2 Å². The van der Waals surface area contributed by atoms with Crippen LogP contribution in [-0.4, -0.2) is 24.0 Å². The predicted octanol–water partition coefficient (Wildman–Crippen LogP) is 5.00. The number of carbonyl (C=O) groups excluding carboxylic acids is 1. The summed E-state index contributed by atoms with van der Waals surface area (Å²) in [7, 11) is 0. The maximum atomic E-state index is 12.9. The molecule has 0 aliphatic carbocycles. The standard InChI is InChI=1S/C18H17ClF3N3O/c19-15-6-4-12(10-14(15)18(20,21)22)24-17(26)16-7-5-13(11-23-16)25-8-2-1-3-9-25/h4-7,10-11H,1-3,8-9H2,(H,24,26). The molecule has 1 N–H and O–H groups in total. The number of halogens is 4. The molecule has 0 spiro atoms. The molecule has 26 heavy (non-hydrogen) atoms. The molecule has 0 atom stereocenters. The van der Waals surface area contributed by atoms with E-state index >= 15 is 0 Å². The average Bonchev–Trinajstić information content (AvgIpc) is 2.63. The number of nitrogens with one attached hydrogen (secondary N) is 1. The Balaban J connectivity index is 1.72. The minimum atomic E-state index is -4.59. The van der Waals surface area contributed by atoms with Crippen LogP contribution in [-0.2, 0) is 6.18 Å². The summed E-state index contributed by atoms with van der Waals surface area (Å²) >= 11 is 5.58. The first-order chi connectivity index (χ1) is 12.3. The van der Waals surface area contributed by atoms with Crippen molar-refractivity contribution in [2.75, 3.05) is 23.3 Å². The summed E-state index contributed by atoms with van der Waals surface area (Å²) < 4.78 is 38.7. The average molecular weight is 384 g/mol. The molecule has 1 saturated heterocycles. The molecule has 1 aliphatic rings. The number of alkyl halides is 3. The minimum absolute atomic E-state index is 0.00799. The molecule has 8 heteroatoms. The lowest BCUT2D eigenvalue weighted by Crippen LogP contribution is -2.29. The molecule has 138 valence electrons. The molecule has 3 rings (SSSR count). The van der Waals surface area contributed by atoms with E-state index in [1.165, 1.54) is 12.5 Å². The van der Waals surface area contributed by atoms with Crippen molar-refractivity contribution in [3.05, 3.63) is 52.8 Å². The Labute approximate surface area is 154 Å². The molecular formula is C18H17ClF3N3O. The summed E-state index contributed by atoms with van der Waals surface area (Å²) in [5.74, 6) is -0.578. The highest BCUT2D eigenvalue weighted by atomic mass is 35.5. The number of rotatable bonds is 3. The van der Waals surface area contributed by atoms with Crippen LogP contribution in [0.2, 0.25) is 5.02 Å². The van der Waals surface area contributed by atoms with Gasteiger partial charge in [0.1, 0.15) is 5.69 Å². The lowest BCUT2D eigenvalue weighted by atomic mass is 10.1. The quantitative estimate of drug-likeness (QED) is 0.811. The van der Waals surface area contributed by atoms with E-state index in [9.17, 15) is 18.0 Å². The third-order valence-electron chi connectivity index (χ3n) is 4.23. The Hall–Kier alpha value is -2.28. The topological polar surface area (TPSA) is 45.2 Å². The molecule has 1 aromatic heterocycles. The normalized spacial score (nSPS) is 15.0. The highest BCUT2D eigenvalue weighted by Gasteiger charge is 2.33. The fourth-order valence-corrected chi connectivity index (χ4v) is 3.10. The van der Waals surface area contributed by atoms with Gasteiger partial charge in [-0.3, -0.25) is 4.79 Å². The van der Waals surface area contributed by atoms with Gasteiger partial charge in [0.05, 0.1) is 22.5 Å². The van der Waals surface area contributed by atoms with E-state index in [-0.39, 0.29) is 11.4 Å². The van der Waals surface area contributed by atoms with Gasteiger partial charge >= 0.3 is 6.18 Å². The Morgan fingerprint density at radius 2 is 1.85 bits per heavy atom. The number of hydrogen-bond acceptors (Lipinski definition) is 3. The molecule has 1 fully saturated rings. The van der Waals surface area contributed by atoms with Crippen molar-refractivity contribution in [1.82, 2.24) is 4.98 Å². The number of hydrogen-bond donors (Lipinski definition) is 1. The van der Waals surface area contributed by atoms with Crippen LogP contribution < -0.4 is 10.2 Å². The van der Waals surface area contributed by atoms with E-state index in [4.69, 9.17) is 11.6 Å². The van der Waals surface area contributed by atoms with Gasteiger partial charge in [0, 0.05) is 18.8 Å². The van der Waals surface area contributed by atoms with Crippen LogP contribution in [0.15, 0.2) is 36.5 Å². The largest absolute Gasteiger partial charge is 0.417 e. The van der Waals surface area contributed by atoms with Crippen molar-refractivity contribution in [2.45, 2.75) is 25.4 Å². The maximum absolute atomic E-state index is 12.9. The monoisotopic (exact) mass is 383 g/mol. The number of amides is 1. The smallest absolute Gasteiger partial charge is 0.370 e. The van der Waals surface area contributed by atoms with Crippen molar-refractivity contribution in [3.63, 3.8) is 0 Å². The first-order valence-electron chi connectivity index (χ1n) is 8.24. The molecule has 4 nitrogen and oxygen atoms in total. The van der Waals surface area contributed by atoms with Crippen molar-refractivity contribution in [2.24, 2.45) is 0 Å². The summed E-state index contributed by atoms with van der Waals surface area (Å²) in [5.41, 5.74) is 0.0837. The van der Waals surface area contributed by atoms with Crippen LogP contribution in [0.5, 0.6) is 0 Å². The molecule has 0 radical (unpaired) electrons. The first kappa shape index (κ1) is 18.5. The van der Waals surface area contributed by atoms with Gasteiger partial charge in [0.15, 0.2) is 0 Å². The van der Waals surface area contributed by atoms with Crippen LogP contribution in [0.25, 0.3) is 0 Å². The van der Waals surface area contributed by atoms with Gasteiger partial charge in [-0.25, -0.2) is 4.98 Å². The number of carbonyl (C=O) groups is 1. The molecule has 1 aliphatic heterocycles. The van der Waals surface area contributed by atoms with Gasteiger partial charge in [0.2, 0.25) is 0 Å². The van der Waals surface area contributed by atoms with Gasteiger partial charge in [-0.15, -0.1) is 0 Å². The van der Waals surface area contributed by atoms with E-state index in [1.54, 1.807) is 18.3 Å². The number of pyridine rings is 1. The highest BCUT2D eigenvalue weighted by Crippen LogP contribution is 2.36.